The van der Waals surface area contributed by atoms with Gasteiger partial charge in [-0.3, -0.25) is 4.72 Å². The van der Waals surface area contributed by atoms with Crippen molar-refractivity contribution < 1.29 is 43.2 Å². The Labute approximate surface area is 227 Å². The smallest absolute Gasteiger partial charge is 0.495 e. The molecule has 0 saturated heterocycles. The molecule has 1 heterocycles. The van der Waals surface area contributed by atoms with E-state index in [0.717, 1.165) is 28.6 Å². The molecule has 40 heavy (non-hydrogen) atoms. The van der Waals surface area contributed by atoms with Crippen LogP contribution < -0.4 is 13.9 Å². The molecule has 0 unspecified atom stereocenters. The maximum Gasteiger partial charge on any atom is 0.501 e. The van der Waals surface area contributed by atoms with Gasteiger partial charge in [0.25, 0.3) is 29.9 Å². The molecular formula is C23H19F3N4O7S3. The van der Waals surface area contributed by atoms with E-state index in [1.54, 1.807) is 6.07 Å². The molecule has 17 heteroatoms. The Morgan fingerprint density at radius 3 is 2.12 bits per heavy atom. The van der Waals surface area contributed by atoms with E-state index in [1.165, 1.54) is 60.9 Å². The molecule has 0 radical (unpaired) electrons. The Morgan fingerprint density at radius 1 is 0.875 bits per heavy atom. The fraction of sp³-hybridized carbons (Fsp3) is 0.0870. The summed E-state index contributed by atoms with van der Waals surface area (Å²) >= 11 is 0. The normalized spacial score (nSPS) is 12.6. The minimum absolute atomic E-state index is 0.145. The fourth-order valence-electron chi connectivity index (χ4n) is 3.52. The number of nitrogens with one attached hydrogen (secondary N) is 1. The Morgan fingerprint density at radius 2 is 1.52 bits per heavy atom. The third-order valence-electron chi connectivity index (χ3n) is 5.36. The molecule has 3 aromatic carbocycles. The zero-order valence-corrected chi connectivity index (χ0v) is 22.7. The number of nitrogens with zero attached hydrogens (tertiary/aromatic N) is 3. The number of para-hydroxylation sites is 2. The number of rotatable bonds is 9. The largest absolute Gasteiger partial charge is 0.501 e. The topological polar surface area (TPSA) is 145 Å². The molecule has 0 aliphatic heterocycles. The molecule has 0 aliphatic rings. The van der Waals surface area contributed by atoms with Crippen LogP contribution in [0.4, 0.5) is 24.5 Å². The summed E-state index contributed by atoms with van der Waals surface area (Å²) in [6.07, 6.45) is 3.73. The second kappa shape index (κ2) is 10.5. The first-order valence-corrected chi connectivity index (χ1v) is 15.3. The van der Waals surface area contributed by atoms with Gasteiger partial charge < -0.3 is 4.74 Å². The van der Waals surface area contributed by atoms with E-state index >= 15 is 0 Å². The van der Waals surface area contributed by atoms with E-state index < -0.39 is 50.9 Å². The van der Waals surface area contributed by atoms with Gasteiger partial charge in [0.1, 0.15) is 22.7 Å². The van der Waals surface area contributed by atoms with Gasteiger partial charge in [-0.25, -0.2) is 26.5 Å². The van der Waals surface area contributed by atoms with Crippen molar-refractivity contribution in [2.75, 3.05) is 16.2 Å². The second-order valence-corrected chi connectivity index (χ2v) is 13.2. The molecule has 0 atom stereocenters. The summed E-state index contributed by atoms with van der Waals surface area (Å²) in [5, 5.41) is 0. The van der Waals surface area contributed by atoms with Crippen molar-refractivity contribution in [3.05, 3.63) is 91.5 Å². The van der Waals surface area contributed by atoms with Crippen molar-refractivity contribution >= 4 is 41.3 Å². The predicted molar refractivity (Wildman–Crippen MR) is 137 cm³/mol. The standard InChI is InChI=1S/C23H19F3N4O7S3/c1-37-21-12-11-18(38(31,32)23(24,25)26)15-22(21)39(33,34)28-19-9-5-6-10-20(19)30(29-14-13-27-16-29)40(35,36)17-7-3-2-4-8-17/h2-16,28H,1H3. The van der Waals surface area contributed by atoms with Crippen molar-refractivity contribution in [2.24, 2.45) is 0 Å². The highest BCUT2D eigenvalue weighted by atomic mass is 32.2. The van der Waals surface area contributed by atoms with E-state index in [-0.39, 0.29) is 16.3 Å². The Balaban J connectivity index is 1.87. The van der Waals surface area contributed by atoms with Gasteiger partial charge in [-0.1, -0.05) is 30.3 Å². The lowest BCUT2D eigenvalue weighted by Gasteiger charge is -2.27. The van der Waals surface area contributed by atoms with Crippen LogP contribution in [0.25, 0.3) is 0 Å². The zero-order valence-electron chi connectivity index (χ0n) is 20.2. The molecule has 1 aromatic heterocycles. The van der Waals surface area contributed by atoms with Crippen molar-refractivity contribution in [1.82, 2.24) is 9.66 Å². The molecule has 0 amide bonds. The van der Waals surface area contributed by atoms with Gasteiger partial charge in [-0.05, 0) is 42.5 Å². The zero-order chi connectivity index (χ0) is 29.3. The van der Waals surface area contributed by atoms with Crippen molar-refractivity contribution in [3.63, 3.8) is 0 Å². The number of benzene rings is 3. The number of aromatic nitrogens is 2. The summed E-state index contributed by atoms with van der Waals surface area (Å²) in [4.78, 5) is 1.44. The lowest BCUT2D eigenvalue weighted by molar-refractivity contribution is -0.0436. The van der Waals surface area contributed by atoms with Crippen LogP contribution in [0.2, 0.25) is 0 Å². The minimum Gasteiger partial charge on any atom is -0.495 e. The highest BCUT2D eigenvalue weighted by Crippen LogP contribution is 2.37. The molecule has 11 nitrogen and oxygen atoms in total. The van der Waals surface area contributed by atoms with Gasteiger partial charge in [0.2, 0.25) is 0 Å². The number of sulfonamides is 2. The number of methoxy groups -OCH3 is 1. The van der Waals surface area contributed by atoms with Crippen LogP contribution in [-0.2, 0) is 29.9 Å². The van der Waals surface area contributed by atoms with Crippen LogP contribution >= 0.6 is 0 Å². The number of halogens is 3. The molecule has 0 fully saturated rings. The first kappa shape index (κ1) is 28.9. The van der Waals surface area contributed by atoms with Crippen LogP contribution in [0.3, 0.4) is 0 Å². The maximum atomic E-state index is 13.7. The molecule has 0 saturated carbocycles. The van der Waals surface area contributed by atoms with Gasteiger partial charge in [0.05, 0.1) is 22.6 Å². The van der Waals surface area contributed by atoms with E-state index in [2.05, 4.69) is 9.71 Å². The summed E-state index contributed by atoms with van der Waals surface area (Å²) in [5.41, 5.74) is -6.23. The number of sulfone groups is 1. The van der Waals surface area contributed by atoms with Gasteiger partial charge in [-0.15, -0.1) is 0 Å². The number of ether oxygens (including phenoxy) is 1. The molecule has 0 bridgehead atoms. The Kier molecular flexibility index (Phi) is 7.57. The van der Waals surface area contributed by atoms with E-state index in [0.29, 0.717) is 12.1 Å². The first-order valence-electron chi connectivity index (χ1n) is 10.9. The SMILES string of the molecule is COc1ccc(S(=O)(=O)C(F)(F)F)cc1S(=O)(=O)Nc1ccccc1N(n1ccnc1)S(=O)(=O)c1ccccc1. The highest BCUT2D eigenvalue weighted by Gasteiger charge is 2.47. The molecule has 4 rings (SSSR count). The predicted octanol–water partition coefficient (Wildman–Crippen LogP) is 3.64. The molecule has 0 aliphatic carbocycles. The molecule has 1 N–H and O–H groups in total. The molecule has 212 valence electrons. The summed E-state index contributed by atoms with van der Waals surface area (Å²) in [6, 6.07) is 14.1. The number of imidazole rings is 1. The maximum absolute atomic E-state index is 13.7. The second-order valence-electron chi connectivity index (χ2n) is 7.89. The average Bonchev–Trinajstić information content (AvgIpc) is 3.43. The van der Waals surface area contributed by atoms with Crippen LogP contribution in [-0.4, -0.2) is 47.5 Å². The monoisotopic (exact) mass is 616 g/mol. The number of anilines is 2. The lowest BCUT2D eigenvalue weighted by atomic mass is 10.3. The number of hydrogen-bond donors (Lipinski definition) is 1. The summed E-state index contributed by atoms with van der Waals surface area (Å²) < 4.78 is 127. The minimum atomic E-state index is -5.90. The Hall–Kier alpha value is -4.09. The van der Waals surface area contributed by atoms with Crippen LogP contribution in [0.15, 0.2) is 106 Å². The van der Waals surface area contributed by atoms with Gasteiger partial charge in [0.15, 0.2) is 0 Å². The highest BCUT2D eigenvalue weighted by molar-refractivity contribution is 7.93. The van der Waals surface area contributed by atoms with Gasteiger partial charge in [0, 0.05) is 12.4 Å². The summed E-state index contributed by atoms with van der Waals surface area (Å²) in [6.45, 7) is 0. The Bertz CT molecular complexity index is 1850. The van der Waals surface area contributed by atoms with Gasteiger partial charge in [-0.2, -0.15) is 26.0 Å². The number of alkyl halides is 3. The number of hydrogen-bond acceptors (Lipinski definition) is 8. The average molecular weight is 617 g/mol. The summed E-state index contributed by atoms with van der Waals surface area (Å²) in [5.74, 6) is -0.463. The first-order chi connectivity index (χ1) is 18.7. The molecule has 0 spiro atoms. The van der Waals surface area contributed by atoms with E-state index in [9.17, 15) is 38.4 Å². The fourth-order valence-corrected chi connectivity index (χ4v) is 7.12. The third-order valence-corrected chi connectivity index (χ3v) is 9.94. The molecule has 4 aromatic rings. The van der Waals surface area contributed by atoms with Crippen LogP contribution in [0.5, 0.6) is 5.75 Å². The van der Waals surface area contributed by atoms with Crippen molar-refractivity contribution in [1.29, 1.82) is 0 Å². The lowest BCUT2D eigenvalue weighted by Crippen LogP contribution is -2.36. The van der Waals surface area contributed by atoms with Gasteiger partial charge >= 0.3 is 5.51 Å². The quantitative estimate of drug-likeness (QED) is 0.300. The molecular weight excluding hydrogens is 597 g/mol. The third kappa shape index (κ3) is 5.34. The van der Waals surface area contributed by atoms with Crippen LogP contribution in [0, 0.1) is 0 Å². The van der Waals surface area contributed by atoms with Crippen molar-refractivity contribution in [2.45, 2.75) is 20.2 Å². The van der Waals surface area contributed by atoms with E-state index in [4.69, 9.17) is 4.74 Å². The van der Waals surface area contributed by atoms with Crippen LogP contribution in [0.1, 0.15) is 0 Å². The van der Waals surface area contributed by atoms with Crippen molar-refractivity contribution in [3.8, 4) is 5.75 Å². The summed E-state index contributed by atoms with van der Waals surface area (Å²) in [7, 11) is -14.1. The van der Waals surface area contributed by atoms with E-state index in [1.807, 2.05) is 0 Å².